The molecule has 1 amide bonds. The number of nitrogens with zero attached hydrogens (tertiary/aromatic N) is 1. The van der Waals surface area contributed by atoms with Gasteiger partial charge in [-0.15, -0.1) is 0 Å². The number of carbonyl (C=O) groups excluding carboxylic acids is 1. The Balaban J connectivity index is 1.75. The first-order valence-electron chi connectivity index (χ1n) is 9.54. The van der Waals surface area contributed by atoms with Crippen molar-refractivity contribution in [3.05, 3.63) is 65.7 Å². The van der Waals surface area contributed by atoms with Crippen molar-refractivity contribution in [2.75, 3.05) is 0 Å². The molecule has 3 heteroatoms. The van der Waals surface area contributed by atoms with Crippen molar-refractivity contribution in [3.8, 4) is 11.3 Å². The standard InChI is InChI=1S/C23H24N2O/c1-2-16-11-13-17(14-12-16)22-15-20(19-9-5-6-10-21(19)25-22)23(26)24-18-7-3-4-8-18/h5-6,9-15,18H,2-4,7-8H2,1H3,(H,24,26). The first kappa shape index (κ1) is 16.8. The zero-order valence-corrected chi connectivity index (χ0v) is 15.2. The number of para-hydroxylation sites is 1. The summed E-state index contributed by atoms with van der Waals surface area (Å²) in [6.07, 6.45) is 5.59. The SMILES string of the molecule is CCc1ccc(-c2cc(C(=O)NC3CCCC3)c3ccccc3n2)cc1. The van der Waals surface area contributed by atoms with Crippen molar-refractivity contribution in [2.45, 2.75) is 45.1 Å². The van der Waals surface area contributed by atoms with E-state index < -0.39 is 0 Å². The van der Waals surface area contributed by atoms with Gasteiger partial charge in [-0.2, -0.15) is 0 Å². The van der Waals surface area contributed by atoms with Crippen molar-refractivity contribution < 1.29 is 4.79 Å². The monoisotopic (exact) mass is 344 g/mol. The van der Waals surface area contributed by atoms with E-state index in [-0.39, 0.29) is 5.91 Å². The van der Waals surface area contributed by atoms with E-state index in [1.54, 1.807) is 0 Å². The van der Waals surface area contributed by atoms with Crippen LogP contribution in [0.15, 0.2) is 54.6 Å². The molecule has 0 radical (unpaired) electrons. The second kappa shape index (κ2) is 7.28. The molecule has 3 nitrogen and oxygen atoms in total. The Kier molecular flexibility index (Phi) is 4.70. The van der Waals surface area contributed by atoms with E-state index in [9.17, 15) is 4.79 Å². The van der Waals surface area contributed by atoms with Crippen LogP contribution >= 0.6 is 0 Å². The molecule has 0 atom stereocenters. The van der Waals surface area contributed by atoms with Gasteiger partial charge in [0.25, 0.3) is 5.91 Å². The molecule has 0 unspecified atom stereocenters. The summed E-state index contributed by atoms with van der Waals surface area (Å²) in [5.41, 5.74) is 4.78. The summed E-state index contributed by atoms with van der Waals surface area (Å²) >= 11 is 0. The lowest BCUT2D eigenvalue weighted by Crippen LogP contribution is -2.32. The number of rotatable bonds is 4. The Morgan fingerprint density at radius 1 is 1.08 bits per heavy atom. The summed E-state index contributed by atoms with van der Waals surface area (Å²) in [6, 6.07) is 18.6. The minimum absolute atomic E-state index is 0.0157. The number of nitrogens with one attached hydrogen (secondary N) is 1. The molecule has 3 aromatic rings. The van der Waals surface area contributed by atoms with Crippen LogP contribution < -0.4 is 5.32 Å². The highest BCUT2D eigenvalue weighted by Crippen LogP contribution is 2.26. The van der Waals surface area contributed by atoms with Gasteiger partial charge in [-0.3, -0.25) is 4.79 Å². The fourth-order valence-corrected chi connectivity index (χ4v) is 3.76. The Morgan fingerprint density at radius 2 is 1.81 bits per heavy atom. The van der Waals surface area contributed by atoms with Gasteiger partial charge >= 0.3 is 0 Å². The molecule has 0 spiro atoms. The molecule has 1 aliphatic rings. The van der Waals surface area contributed by atoms with Gasteiger partial charge in [-0.1, -0.05) is 62.2 Å². The zero-order valence-electron chi connectivity index (χ0n) is 15.2. The predicted molar refractivity (Wildman–Crippen MR) is 106 cm³/mol. The average Bonchev–Trinajstić information content (AvgIpc) is 3.20. The zero-order chi connectivity index (χ0) is 17.9. The minimum Gasteiger partial charge on any atom is -0.349 e. The second-order valence-electron chi connectivity index (χ2n) is 7.08. The summed E-state index contributed by atoms with van der Waals surface area (Å²) in [7, 11) is 0. The Bertz CT molecular complexity index is 925. The van der Waals surface area contributed by atoms with Gasteiger partial charge in [0.1, 0.15) is 0 Å². The summed E-state index contributed by atoms with van der Waals surface area (Å²) in [6.45, 7) is 2.15. The molecular weight excluding hydrogens is 320 g/mol. The van der Waals surface area contributed by atoms with Gasteiger partial charge in [0.15, 0.2) is 0 Å². The van der Waals surface area contributed by atoms with Crippen molar-refractivity contribution in [1.82, 2.24) is 10.3 Å². The molecule has 0 aliphatic heterocycles. The number of hydrogen-bond donors (Lipinski definition) is 1. The smallest absolute Gasteiger partial charge is 0.252 e. The number of carbonyl (C=O) groups is 1. The van der Waals surface area contributed by atoms with Crippen molar-refractivity contribution >= 4 is 16.8 Å². The maximum Gasteiger partial charge on any atom is 0.252 e. The molecule has 26 heavy (non-hydrogen) atoms. The summed E-state index contributed by atoms with van der Waals surface area (Å²) in [5, 5.41) is 4.13. The Morgan fingerprint density at radius 3 is 2.54 bits per heavy atom. The van der Waals surface area contributed by atoms with Crippen LogP contribution in [-0.4, -0.2) is 16.9 Å². The molecule has 1 aliphatic carbocycles. The van der Waals surface area contributed by atoms with Gasteiger partial charge in [0, 0.05) is 17.0 Å². The number of fused-ring (bicyclic) bond motifs is 1. The van der Waals surface area contributed by atoms with E-state index in [2.05, 4.69) is 36.5 Å². The highest BCUT2D eigenvalue weighted by atomic mass is 16.1. The van der Waals surface area contributed by atoms with Crippen molar-refractivity contribution in [3.63, 3.8) is 0 Å². The lowest BCUT2D eigenvalue weighted by molar-refractivity contribution is 0.0939. The van der Waals surface area contributed by atoms with Gasteiger partial charge in [0.2, 0.25) is 0 Å². The van der Waals surface area contributed by atoms with Crippen LogP contribution in [0.3, 0.4) is 0 Å². The lowest BCUT2D eigenvalue weighted by Gasteiger charge is -2.14. The second-order valence-corrected chi connectivity index (χ2v) is 7.08. The maximum atomic E-state index is 13.0. The Labute approximate surface area is 154 Å². The molecule has 0 bridgehead atoms. The summed E-state index contributed by atoms with van der Waals surface area (Å²) in [4.78, 5) is 17.8. The maximum absolute atomic E-state index is 13.0. The van der Waals surface area contributed by atoms with Crippen LogP contribution in [0.4, 0.5) is 0 Å². The van der Waals surface area contributed by atoms with Gasteiger partial charge in [-0.25, -0.2) is 4.98 Å². The fourth-order valence-electron chi connectivity index (χ4n) is 3.76. The molecule has 1 fully saturated rings. The largest absolute Gasteiger partial charge is 0.349 e. The molecule has 4 rings (SSSR count). The van der Waals surface area contributed by atoms with Crippen molar-refractivity contribution in [2.24, 2.45) is 0 Å². The number of aromatic nitrogens is 1. The van der Waals surface area contributed by atoms with E-state index in [4.69, 9.17) is 4.98 Å². The number of aryl methyl sites for hydroxylation is 1. The van der Waals surface area contributed by atoms with Gasteiger partial charge in [-0.05, 0) is 37.0 Å². The van der Waals surface area contributed by atoms with E-state index >= 15 is 0 Å². The molecule has 1 N–H and O–H groups in total. The summed E-state index contributed by atoms with van der Waals surface area (Å²) in [5.74, 6) is 0.0157. The predicted octanol–water partition coefficient (Wildman–Crippen LogP) is 5.14. The van der Waals surface area contributed by atoms with Gasteiger partial charge in [0.05, 0.1) is 16.8 Å². The quantitative estimate of drug-likeness (QED) is 0.712. The minimum atomic E-state index is 0.0157. The van der Waals surface area contributed by atoms with Crippen molar-refractivity contribution in [1.29, 1.82) is 0 Å². The molecule has 0 saturated heterocycles. The highest BCUT2D eigenvalue weighted by Gasteiger charge is 2.20. The molecule has 1 aromatic heterocycles. The molecule has 1 saturated carbocycles. The van der Waals surface area contributed by atoms with Crippen LogP contribution in [0.5, 0.6) is 0 Å². The third kappa shape index (κ3) is 3.34. The topological polar surface area (TPSA) is 42.0 Å². The van der Waals surface area contributed by atoms with Crippen LogP contribution in [-0.2, 0) is 6.42 Å². The van der Waals surface area contributed by atoms with Gasteiger partial charge < -0.3 is 5.32 Å². The molecular formula is C23H24N2O. The third-order valence-corrected chi connectivity index (χ3v) is 5.31. The van der Waals surface area contributed by atoms with E-state index in [1.165, 1.54) is 18.4 Å². The first-order valence-corrected chi connectivity index (χ1v) is 9.54. The average molecular weight is 344 g/mol. The van der Waals surface area contributed by atoms with E-state index in [1.807, 2.05) is 30.3 Å². The lowest BCUT2D eigenvalue weighted by atomic mass is 10.0. The molecule has 132 valence electrons. The Hall–Kier alpha value is -2.68. The van der Waals surface area contributed by atoms with E-state index in [0.29, 0.717) is 6.04 Å². The third-order valence-electron chi connectivity index (χ3n) is 5.31. The normalized spacial score (nSPS) is 14.7. The fraction of sp³-hybridized carbons (Fsp3) is 0.304. The molecule has 1 heterocycles. The number of benzene rings is 2. The highest BCUT2D eigenvalue weighted by molar-refractivity contribution is 6.07. The molecule has 2 aromatic carbocycles. The van der Waals surface area contributed by atoms with E-state index in [0.717, 1.165) is 47.0 Å². The number of amides is 1. The summed E-state index contributed by atoms with van der Waals surface area (Å²) < 4.78 is 0. The van der Waals surface area contributed by atoms with Crippen LogP contribution in [0.1, 0.15) is 48.5 Å². The van der Waals surface area contributed by atoms with Crippen LogP contribution in [0.25, 0.3) is 22.2 Å². The van der Waals surface area contributed by atoms with Crippen LogP contribution in [0, 0.1) is 0 Å². The van der Waals surface area contributed by atoms with Crippen LogP contribution in [0.2, 0.25) is 0 Å². The first-order chi connectivity index (χ1) is 12.7. The number of pyridine rings is 1. The number of hydrogen-bond acceptors (Lipinski definition) is 2.